The number of piperazine rings is 1. The number of rotatable bonds is 3. The smallest absolute Gasteiger partial charge is 0.178 e. The molecule has 0 saturated carbocycles. The fourth-order valence-electron chi connectivity index (χ4n) is 1.88. The highest BCUT2D eigenvalue weighted by Gasteiger charge is 2.17. The van der Waals surface area contributed by atoms with Gasteiger partial charge in [0.15, 0.2) is 5.78 Å². The summed E-state index contributed by atoms with van der Waals surface area (Å²) >= 11 is 11.9. The highest BCUT2D eigenvalue weighted by atomic mass is 35.5. The van der Waals surface area contributed by atoms with E-state index in [1.165, 1.54) is 0 Å². The van der Waals surface area contributed by atoms with Crippen LogP contribution in [0.4, 0.5) is 0 Å². The molecule has 92 valence electrons. The van der Waals surface area contributed by atoms with E-state index in [1.807, 2.05) is 0 Å². The lowest BCUT2D eigenvalue weighted by atomic mass is 10.1. The minimum Gasteiger partial charge on any atom is -0.314 e. The van der Waals surface area contributed by atoms with Crippen molar-refractivity contribution < 1.29 is 4.79 Å². The van der Waals surface area contributed by atoms with Gasteiger partial charge in [-0.25, -0.2) is 0 Å². The maximum atomic E-state index is 12.1. The molecule has 1 aromatic carbocycles. The van der Waals surface area contributed by atoms with E-state index >= 15 is 0 Å². The summed E-state index contributed by atoms with van der Waals surface area (Å²) in [6.45, 7) is 4.04. The van der Waals surface area contributed by atoms with Crippen LogP contribution in [0, 0.1) is 0 Å². The minimum absolute atomic E-state index is 0.0272. The van der Waals surface area contributed by atoms with Crippen LogP contribution in [-0.2, 0) is 0 Å². The first kappa shape index (κ1) is 12.8. The summed E-state index contributed by atoms with van der Waals surface area (Å²) in [5.74, 6) is 0.0272. The van der Waals surface area contributed by atoms with Crippen LogP contribution in [0.15, 0.2) is 18.2 Å². The largest absolute Gasteiger partial charge is 0.314 e. The first-order valence-corrected chi connectivity index (χ1v) is 6.34. The molecule has 0 atom stereocenters. The first-order valence-electron chi connectivity index (χ1n) is 5.59. The summed E-state index contributed by atoms with van der Waals surface area (Å²) < 4.78 is 0. The molecule has 2 rings (SSSR count). The standard InChI is InChI=1S/C12H14Cl2N2O/c13-10-3-1-2-9(12(10)14)11(17)8-16-6-4-15-5-7-16/h1-3,15H,4-8H2. The Balaban J connectivity index is 2.06. The third kappa shape index (κ3) is 3.19. The highest BCUT2D eigenvalue weighted by molar-refractivity contribution is 6.43. The van der Waals surface area contributed by atoms with E-state index in [2.05, 4.69) is 10.2 Å². The molecular weight excluding hydrogens is 259 g/mol. The van der Waals surface area contributed by atoms with E-state index in [0.717, 1.165) is 26.2 Å². The van der Waals surface area contributed by atoms with Gasteiger partial charge in [-0.05, 0) is 12.1 Å². The predicted octanol–water partition coefficient (Wildman–Crippen LogP) is 2.08. The topological polar surface area (TPSA) is 32.3 Å². The normalized spacial score (nSPS) is 17.1. The van der Waals surface area contributed by atoms with Gasteiger partial charge in [0, 0.05) is 31.7 Å². The Morgan fingerprint density at radius 3 is 2.71 bits per heavy atom. The molecule has 1 heterocycles. The van der Waals surface area contributed by atoms with E-state index in [9.17, 15) is 4.79 Å². The van der Waals surface area contributed by atoms with Crippen LogP contribution in [0.5, 0.6) is 0 Å². The lowest BCUT2D eigenvalue weighted by molar-refractivity contribution is 0.0921. The third-order valence-corrected chi connectivity index (χ3v) is 3.65. The van der Waals surface area contributed by atoms with E-state index in [-0.39, 0.29) is 5.78 Å². The van der Waals surface area contributed by atoms with Crippen LogP contribution >= 0.6 is 23.2 Å². The molecule has 1 N–H and O–H groups in total. The third-order valence-electron chi connectivity index (χ3n) is 2.83. The van der Waals surface area contributed by atoms with Crippen molar-refractivity contribution in [3.8, 4) is 0 Å². The molecule has 0 spiro atoms. The number of carbonyl (C=O) groups excluding carboxylic acids is 1. The summed E-state index contributed by atoms with van der Waals surface area (Å²) in [5.41, 5.74) is 0.512. The average Bonchev–Trinajstić information content (AvgIpc) is 2.34. The molecule has 1 fully saturated rings. The van der Waals surface area contributed by atoms with Crippen molar-refractivity contribution in [2.24, 2.45) is 0 Å². The molecular formula is C12H14Cl2N2O. The molecule has 0 bridgehead atoms. The molecule has 0 unspecified atom stereocenters. The molecule has 1 aromatic rings. The van der Waals surface area contributed by atoms with Crippen LogP contribution in [0.1, 0.15) is 10.4 Å². The summed E-state index contributed by atoms with van der Waals surface area (Å²) in [5, 5.41) is 4.03. The van der Waals surface area contributed by atoms with Crippen molar-refractivity contribution in [1.82, 2.24) is 10.2 Å². The molecule has 1 aliphatic heterocycles. The molecule has 0 radical (unpaired) electrons. The van der Waals surface area contributed by atoms with Crippen molar-refractivity contribution in [3.63, 3.8) is 0 Å². The second kappa shape index (κ2) is 5.83. The zero-order chi connectivity index (χ0) is 12.3. The molecule has 0 amide bonds. The average molecular weight is 273 g/mol. The maximum absolute atomic E-state index is 12.1. The Bertz CT molecular complexity index is 417. The molecule has 17 heavy (non-hydrogen) atoms. The fraction of sp³-hybridized carbons (Fsp3) is 0.417. The first-order chi connectivity index (χ1) is 8.18. The summed E-state index contributed by atoms with van der Waals surface area (Å²) in [7, 11) is 0. The van der Waals surface area contributed by atoms with Crippen molar-refractivity contribution in [3.05, 3.63) is 33.8 Å². The number of carbonyl (C=O) groups is 1. The quantitative estimate of drug-likeness (QED) is 0.856. The molecule has 1 saturated heterocycles. The summed E-state index contributed by atoms with van der Waals surface area (Å²) in [6, 6.07) is 5.16. The summed E-state index contributed by atoms with van der Waals surface area (Å²) in [6.07, 6.45) is 0. The Hall–Kier alpha value is -0.610. The van der Waals surface area contributed by atoms with Crippen LogP contribution in [0.3, 0.4) is 0 Å². The van der Waals surface area contributed by atoms with Crippen molar-refractivity contribution in [1.29, 1.82) is 0 Å². The van der Waals surface area contributed by atoms with Crippen molar-refractivity contribution in [2.45, 2.75) is 0 Å². The Morgan fingerprint density at radius 1 is 1.29 bits per heavy atom. The van der Waals surface area contributed by atoms with Gasteiger partial charge in [0.05, 0.1) is 16.6 Å². The van der Waals surface area contributed by atoms with Gasteiger partial charge in [0.2, 0.25) is 0 Å². The second-order valence-corrected chi connectivity index (χ2v) is 4.84. The Kier molecular flexibility index (Phi) is 4.40. The van der Waals surface area contributed by atoms with Crippen molar-refractivity contribution in [2.75, 3.05) is 32.7 Å². The maximum Gasteiger partial charge on any atom is 0.178 e. The lowest BCUT2D eigenvalue weighted by Crippen LogP contribution is -2.45. The number of nitrogens with one attached hydrogen (secondary N) is 1. The van der Waals surface area contributed by atoms with Crippen LogP contribution in [0.25, 0.3) is 0 Å². The zero-order valence-corrected chi connectivity index (χ0v) is 10.9. The zero-order valence-electron chi connectivity index (χ0n) is 9.38. The molecule has 3 nitrogen and oxygen atoms in total. The number of nitrogens with zero attached hydrogens (tertiary/aromatic N) is 1. The Labute approximate surface area is 111 Å². The molecule has 0 aromatic heterocycles. The number of hydrogen-bond acceptors (Lipinski definition) is 3. The second-order valence-electron chi connectivity index (χ2n) is 4.05. The highest BCUT2D eigenvalue weighted by Crippen LogP contribution is 2.25. The molecule has 0 aliphatic carbocycles. The van der Waals surface area contributed by atoms with Crippen LogP contribution in [-0.4, -0.2) is 43.4 Å². The Morgan fingerprint density at radius 2 is 2.00 bits per heavy atom. The van der Waals surface area contributed by atoms with Gasteiger partial charge in [0.1, 0.15) is 0 Å². The summed E-state index contributed by atoms with van der Waals surface area (Å²) in [4.78, 5) is 14.2. The monoisotopic (exact) mass is 272 g/mol. The van der Waals surface area contributed by atoms with Gasteiger partial charge < -0.3 is 5.32 Å². The van der Waals surface area contributed by atoms with Gasteiger partial charge in [0.25, 0.3) is 0 Å². The number of ketones is 1. The number of Topliss-reactive ketones (excluding diaryl/α,β-unsaturated/α-hetero) is 1. The van der Waals surface area contributed by atoms with E-state index in [1.54, 1.807) is 18.2 Å². The van der Waals surface area contributed by atoms with Crippen molar-refractivity contribution >= 4 is 29.0 Å². The van der Waals surface area contributed by atoms with E-state index in [0.29, 0.717) is 22.2 Å². The van der Waals surface area contributed by atoms with Crippen LogP contribution in [0.2, 0.25) is 10.0 Å². The van der Waals surface area contributed by atoms with E-state index in [4.69, 9.17) is 23.2 Å². The van der Waals surface area contributed by atoms with Gasteiger partial charge in [-0.15, -0.1) is 0 Å². The number of hydrogen-bond donors (Lipinski definition) is 1. The van der Waals surface area contributed by atoms with Crippen LogP contribution < -0.4 is 5.32 Å². The van der Waals surface area contributed by atoms with Gasteiger partial charge in [-0.1, -0.05) is 29.3 Å². The number of halogens is 2. The lowest BCUT2D eigenvalue weighted by Gasteiger charge is -2.26. The van der Waals surface area contributed by atoms with Gasteiger partial charge >= 0.3 is 0 Å². The van der Waals surface area contributed by atoms with Gasteiger partial charge in [-0.2, -0.15) is 0 Å². The van der Waals surface area contributed by atoms with Gasteiger partial charge in [-0.3, -0.25) is 9.69 Å². The molecule has 1 aliphatic rings. The fourth-order valence-corrected chi connectivity index (χ4v) is 2.28. The predicted molar refractivity (Wildman–Crippen MR) is 70.1 cm³/mol. The molecule has 5 heteroatoms. The van der Waals surface area contributed by atoms with E-state index < -0.39 is 0 Å². The minimum atomic E-state index is 0.0272. The number of benzene rings is 1. The SMILES string of the molecule is O=C(CN1CCNCC1)c1cccc(Cl)c1Cl.